The Morgan fingerprint density at radius 1 is 1.00 bits per heavy atom. The van der Waals surface area contributed by atoms with Crippen molar-refractivity contribution in [3.05, 3.63) is 46.6 Å². The van der Waals surface area contributed by atoms with Gasteiger partial charge in [-0.05, 0) is 57.0 Å². The van der Waals surface area contributed by atoms with Crippen LogP contribution in [0, 0.1) is 0 Å². The Bertz CT molecular complexity index is 970. The van der Waals surface area contributed by atoms with E-state index in [2.05, 4.69) is 47.2 Å². The zero-order valence-corrected chi connectivity index (χ0v) is 18.0. The maximum absolute atomic E-state index is 5.14. The molecule has 0 N–H and O–H groups in total. The average Bonchev–Trinajstić information content (AvgIpc) is 3.23. The quantitative estimate of drug-likeness (QED) is 0.586. The van der Waals surface area contributed by atoms with E-state index in [0.717, 1.165) is 31.2 Å². The molecule has 0 saturated carbocycles. The summed E-state index contributed by atoms with van der Waals surface area (Å²) in [5, 5.41) is 1.36. The van der Waals surface area contributed by atoms with Crippen LogP contribution in [-0.4, -0.2) is 48.1 Å². The molecule has 3 aromatic rings. The van der Waals surface area contributed by atoms with E-state index in [1.807, 2.05) is 23.1 Å². The van der Waals surface area contributed by atoms with Crippen molar-refractivity contribution in [2.45, 2.75) is 36.3 Å². The van der Waals surface area contributed by atoms with Gasteiger partial charge in [0.15, 0.2) is 0 Å². The summed E-state index contributed by atoms with van der Waals surface area (Å²) >= 11 is 3.73. The van der Waals surface area contributed by atoms with Crippen molar-refractivity contribution in [2.75, 3.05) is 38.1 Å². The Balaban J connectivity index is 1.51. The number of nitrogens with zero attached hydrogens (tertiary/aromatic N) is 4. The number of thiophene rings is 1. The van der Waals surface area contributed by atoms with Crippen molar-refractivity contribution in [1.29, 1.82) is 0 Å². The molecule has 0 bridgehead atoms. The Morgan fingerprint density at radius 3 is 2.79 bits per heavy atom. The molecule has 0 spiro atoms. The molecule has 5 rings (SSSR count). The lowest BCUT2D eigenvalue weighted by molar-refractivity contribution is 0.360. The summed E-state index contributed by atoms with van der Waals surface area (Å²) in [6, 6.07) is 10.6. The van der Waals surface area contributed by atoms with Crippen LogP contribution in [-0.2, 0) is 18.6 Å². The highest BCUT2D eigenvalue weighted by atomic mass is 32.2. The lowest BCUT2D eigenvalue weighted by Gasteiger charge is -2.23. The molecule has 1 saturated heterocycles. The Hall–Kier alpha value is -1.63. The summed E-state index contributed by atoms with van der Waals surface area (Å²) in [5.41, 5.74) is 1.54. The fraction of sp³-hybridized carbons (Fsp3) is 0.455. The van der Waals surface area contributed by atoms with E-state index in [1.165, 1.54) is 58.7 Å². The number of fused-ring (bicyclic) bond motifs is 3. The molecular weight excluding hydrogens is 384 g/mol. The van der Waals surface area contributed by atoms with Crippen LogP contribution in [0.1, 0.15) is 29.1 Å². The summed E-state index contributed by atoms with van der Waals surface area (Å²) in [7, 11) is 2.23. The minimum Gasteiger partial charge on any atom is -0.355 e. The van der Waals surface area contributed by atoms with Gasteiger partial charge in [-0.2, -0.15) is 0 Å². The zero-order valence-electron chi connectivity index (χ0n) is 16.4. The standard InChI is InChI=1S/C22H26N4S2/c1-25-11-6-12-26(14-13-25)21-20-17-9-5-10-18(17)28-22(20)24-19(23-21)15-27-16-7-3-2-4-8-16/h2-4,7-8H,5-6,9-15H2,1H3. The third-order valence-electron chi connectivity index (χ3n) is 5.72. The van der Waals surface area contributed by atoms with E-state index in [1.54, 1.807) is 4.88 Å². The molecule has 1 aliphatic carbocycles. The van der Waals surface area contributed by atoms with Crippen LogP contribution in [0.2, 0.25) is 0 Å². The highest BCUT2D eigenvalue weighted by Crippen LogP contribution is 2.41. The van der Waals surface area contributed by atoms with E-state index < -0.39 is 0 Å². The normalized spacial score (nSPS) is 17.8. The van der Waals surface area contributed by atoms with Crippen molar-refractivity contribution in [1.82, 2.24) is 14.9 Å². The monoisotopic (exact) mass is 410 g/mol. The molecule has 2 aliphatic rings. The van der Waals surface area contributed by atoms with Crippen LogP contribution in [0.15, 0.2) is 35.2 Å². The van der Waals surface area contributed by atoms with Crippen LogP contribution in [0.5, 0.6) is 0 Å². The number of aryl methyl sites for hydroxylation is 2. The van der Waals surface area contributed by atoms with Gasteiger partial charge in [-0.25, -0.2) is 9.97 Å². The van der Waals surface area contributed by atoms with E-state index >= 15 is 0 Å². The molecular formula is C22H26N4S2. The second kappa shape index (κ2) is 8.01. The molecule has 1 aromatic carbocycles. The van der Waals surface area contributed by atoms with E-state index in [9.17, 15) is 0 Å². The van der Waals surface area contributed by atoms with E-state index in [4.69, 9.17) is 9.97 Å². The highest BCUT2D eigenvalue weighted by molar-refractivity contribution is 7.98. The van der Waals surface area contributed by atoms with Crippen LogP contribution >= 0.6 is 23.1 Å². The number of likely N-dealkylation sites (N-methyl/N-ethyl adjacent to an activating group) is 1. The van der Waals surface area contributed by atoms with Gasteiger partial charge in [0.2, 0.25) is 0 Å². The van der Waals surface area contributed by atoms with Gasteiger partial charge in [-0.3, -0.25) is 0 Å². The van der Waals surface area contributed by atoms with Crippen molar-refractivity contribution in [2.24, 2.45) is 0 Å². The van der Waals surface area contributed by atoms with E-state index in [-0.39, 0.29) is 0 Å². The molecule has 146 valence electrons. The largest absolute Gasteiger partial charge is 0.355 e. The van der Waals surface area contributed by atoms with Crippen molar-refractivity contribution in [3.63, 3.8) is 0 Å². The predicted molar refractivity (Wildman–Crippen MR) is 120 cm³/mol. The first kappa shape index (κ1) is 18.4. The number of hydrogen-bond acceptors (Lipinski definition) is 6. The molecule has 0 radical (unpaired) electrons. The second-order valence-electron chi connectivity index (χ2n) is 7.75. The number of aromatic nitrogens is 2. The van der Waals surface area contributed by atoms with Crippen molar-refractivity contribution >= 4 is 39.1 Å². The fourth-order valence-electron chi connectivity index (χ4n) is 4.24. The topological polar surface area (TPSA) is 32.3 Å². The SMILES string of the molecule is CN1CCCN(c2nc(CSc3ccccc3)nc3sc4c(c23)CCC4)CC1. The minimum atomic E-state index is 0.823. The predicted octanol–water partition coefficient (Wildman–Crippen LogP) is 4.61. The molecule has 4 nitrogen and oxygen atoms in total. The first-order valence-corrected chi connectivity index (χ1v) is 12.0. The van der Waals surface area contributed by atoms with E-state index in [0.29, 0.717) is 0 Å². The number of benzene rings is 1. The Morgan fingerprint density at radius 2 is 1.89 bits per heavy atom. The van der Waals surface area contributed by atoms with Gasteiger partial charge < -0.3 is 9.80 Å². The number of hydrogen-bond donors (Lipinski definition) is 0. The molecule has 28 heavy (non-hydrogen) atoms. The molecule has 1 fully saturated rings. The molecule has 0 unspecified atom stereocenters. The Kier molecular flexibility index (Phi) is 5.26. The van der Waals surface area contributed by atoms with Gasteiger partial charge in [-0.1, -0.05) is 18.2 Å². The van der Waals surface area contributed by atoms with Crippen LogP contribution in [0.25, 0.3) is 10.2 Å². The summed E-state index contributed by atoms with van der Waals surface area (Å²) in [5.74, 6) is 2.99. The number of anilines is 1. The van der Waals surface area contributed by atoms with Crippen molar-refractivity contribution in [3.8, 4) is 0 Å². The van der Waals surface area contributed by atoms with Gasteiger partial charge in [0.05, 0.1) is 11.1 Å². The molecule has 0 amide bonds. The maximum atomic E-state index is 5.14. The smallest absolute Gasteiger partial charge is 0.142 e. The first-order chi connectivity index (χ1) is 13.8. The summed E-state index contributed by atoms with van der Waals surface area (Å²) in [6.07, 6.45) is 4.89. The molecule has 1 aliphatic heterocycles. The third kappa shape index (κ3) is 3.65. The lowest BCUT2D eigenvalue weighted by Crippen LogP contribution is -2.30. The summed E-state index contributed by atoms with van der Waals surface area (Å²) in [4.78, 5) is 19.1. The van der Waals surface area contributed by atoms with Gasteiger partial charge in [-0.15, -0.1) is 23.1 Å². The fourth-order valence-corrected chi connectivity index (χ4v) is 6.29. The molecule has 2 aromatic heterocycles. The average molecular weight is 411 g/mol. The van der Waals surface area contributed by atoms with Gasteiger partial charge >= 0.3 is 0 Å². The lowest BCUT2D eigenvalue weighted by atomic mass is 10.1. The first-order valence-electron chi connectivity index (χ1n) is 10.2. The van der Waals surface area contributed by atoms with Gasteiger partial charge in [0.1, 0.15) is 16.5 Å². The zero-order chi connectivity index (χ0) is 18.9. The number of thioether (sulfide) groups is 1. The van der Waals surface area contributed by atoms with Crippen LogP contribution < -0.4 is 4.90 Å². The van der Waals surface area contributed by atoms with Gasteiger partial charge in [0, 0.05) is 29.4 Å². The Labute approximate surface area is 175 Å². The summed E-state index contributed by atoms with van der Waals surface area (Å²) < 4.78 is 0. The van der Waals surface area contributed by atoms with Crippen LogP contribution in [0.3, 0.4) is 0 Å². The van der Waals surface area contributed by atoms with Gasteiger partial charge in [0.25, 0.3) is 0 Å². The molecule has 6 heteroatoms. The third-order valence-corrected chi connectivity index (χ3v) is 7.92. The van der Waals surface area contributed by atoms with Crippen LogP contribution in [0.4, 0.5) is 5.82 Å². The molecule has 3 heterocycles. The second-order valence-corrected chi connectivity index (χ2v) is 9.88. The highest BCUT2D eigenvalue weighted by Gasteiger charge is 2.25. The minimum absolute atomic E-state index is 0.823. The number of rotatable bonds is 4. The molecule has 0 atom stereocenters. The van der Waals surface area contributed by atoms with Crippen molar-refractivity contribution < 1.29 is 0 Å². The maximum Gasteiger partial charge on any atom is 0.142 e. The summed E-state index contributed by atoms with van der Waals surface area (Å²) in [6.45, 7) is 4.42.